The number of nitrogens with one attached hydrogen (secondary N) is 1. The van der Waals surface area contributed by atoms with E-state index in [1.54, 1.807) is 25.1 Å². The van der Waals surface area contributed by atoms with Crippen molar-refractivity contribution in [3.63, 3.8) is 0 Å². The van der Waals surface area contributed by atoms with Gasteiger partial charge in [-0.1, -0.05) is 55.5 Å². The summed E-state index contributed by atoms with van der Waals surface area (Å²) in [6.07, 6.45) is 0.114. The van der Waals surface area contributed by atoms with Gasteiger partial charge in [-0.2, -0.15) is 4.31 Å². The number of imide groups is 1. The Morgan fingerprint density at radius 2 is 1.66 bits per heavy atom. The Kier molecular flexibility index (Phi) is 6.81. The summed E-state index contributed by atoms with van der Waals surface area (Å²) in [5.41, 5.74) is -0.734. The van der Waals surface area contributed by atoms with Gasteiger partial charge in [-0.25, -0.2) is 8.42 Å². The molecule has 2 aliphatic heterocycles. The van der Waals surface area contributed by atoms with Gasteiger partial charge in [-0.3, -0.25) is 24.6 Å². The number of methoxy groups -OCH3 is 1. The maximum Gasteiger partial charge on any atom is 0.327 e. The Bertz CT molecular complexity index is 1220. The number of likely N-dealkylation sites (N-methyl/N-ethyl adjacent to an activating group) is 1. The summed E-state index contributed by atoms with van der Waals surface area (Å²) in [6.45, 7) is 1.77. The summed E-state index contributed by atoms with van der Waals surface area (Å²) in [5.74, 6) is -3.51. The van der Waals surface area contributed by atoms with Crippen LogP contribution in [0.3, 0.4) is 0 Å². The van der Waals surface area contributed by atoms with Crippen molar-refractivity contribution >= 4 is 27.8 Å². The zero-order valence-electron chi connectivity index (χ0n) is 19.9. The number of likely N-dealkylation sites (tertiary alicyclic amines) is 1. The van der Waals surface area contributed by atoms with Crippen molar-refractivity contribution in [3.8, 4) is 0 Å². The van der Waals surface area contributed by atoms with Crippen LogP contribution < -0.4 is 5.32 Å². The molecule has 2 saturated heterocycles. The summed E-state index contributed by atoms with van der Waals surface area (Å²) < 4.78 is 33.1. The van der Waals surface area contributed by atoms with E-state index in [1.807, 2.05) is 30.3 Å². The number of nitrogens with zero attached hydrogens (tertiary/aromatic N) is 2. The van der Waals surface area contributed by atoms with E-state index in [0.717, 1.165) is 10.5 Å². The van der Waals surface area contributed by atoms with Crippen molar-refractivity contribution in [3.05, 3.63) is 66.2 Å². The van der Waals surface area contributed by atoms with Crippen LogP contribution in [0.4, 0.5) is 0 Å². The molecule has 2 heterocycles. The van der Waals surface area contributed by atoms with Gasteiger partial charge in [0, 0.05) is 32.6 Å². The highest BCUT2D eigenvalue weighted by Gasteiger charge is 2.68. The van der Waals surface area contributed by atoms with Crippen molar-refractivity contribution in [2.75, 3.05) is 27.2 Å². The first-order chi connectivity index (χ1) is 16.7. The molecule has 1 N–H and O–H groups in total. The first-order valence-corrected chi connectivity index (χ1v) is 12.9. The molecule has 2 aromatic rings. The van der Waals surface area contributed by atoms with E-state index >= 15 is 0 Å². The molecule has 0 bridgehead atoms. The van der Waals surface area contributed by atoms with Crippen LogP contribution in [0.2, 0.25) is 0 Å². The fraction of sp³-hybridized carbons (Fsp3) is 0.400. The van der Waals surface area contributed by atoms with Crippen LogP contribution in [0.1, 0.15) is 12.5 Å². The number of hydrogen-bond donors (Lipinski definition) is 1. The fourth-order valence-corrected chi connectivity index (χ4v) is 6.80. The standard InChI is InChI=1S/C25H29N3O6S/c1-4-28(35(32,33)18-13-9-6-10-14-18)16-19-20-21(23(30)27(2)22(20)29)25(26-19,24(31)34-3)15-17-11-7-5-8-12-17/h5-14,19-21,26H,4,15-16H2,1-3H3/t19-,20+,21-,25-/m1/s1. The number of carbonyl (C=O) groups excluding carboxylic acids is 3. The molecule has 2 aromatic carbocycles. The molecular weight excluding hydrogens is 470 g/mol. The third-order valence-electron chi connectivity index (χ3n) is 6.99. The van der Waals surface area contributed by atoms with Gasteiger partial charge in [0.25, 0.3) is 0 Å². The topological polar surface area (TPSA) is 113 Å². The third kappa shape index (κ3) is 4.15. The lowest BCUT2D eigenvalue weighted by atomic mass is 9.76. The summed E-state index contributed by atoms with van der Waals surface area (Å²) in [6, 6.07) is 16.4. The molecule has 0 radical (unpaired) electrons. The van der Waals surface area contributed by atoms with E-state index in [9.17, 15) is 22.8 Å². The lowest BCUT2D eigenvalue weighted by Crippen LogP contribution is -2.59. The van der Waals surface area contributed by atoms with Gasteiger partial charge in [0.15, 0.2) is 0 Å². The minimum atomic E-state index is -3.87. The number of hydrogen-bond acceptors (Lipinski definition) is 7. The van der Waals surface area contributed by atoms with Crippen molar-refractivity contribution in [1.82, 2.24) is 14.5 Å². The number of sulfonamides is 1. The number of esters is 1. The maximum absolute atomic E-state index is 13.3. The molecule has 186 valence electrons. The van der Waals surface area contributed by atoms with Crippen LogP contribution in [0.25, 0.3) is 0 Å². The summed E-state index contributed by atoms with van der Waals surface area (Å²) >= 11 is 0. The molecule has 35 heavy (non-hydrogen) atoms. The number of rotatable bonds is 8. The monoisotopic (exact) mass is 499 g/mol. The molecular formula is C25H29N3O6S. The molecule has 2 fully saturated rings. The van der Waals surface area contributed by atoms with E-state index in [-0.39, 0.29) is 24.4 Å². The second-order valence-corrected chi connectivity index (χ2v) is 10.8. The second kappa shape index (κ2) is 9.52. The second-order valence-electron chi connectivity index (χ2n) is 8.88. The minimum absolute atomic E-state index is 0.0880. The third-order valence-corrected chi connectivity index (χ3v) is 8.94. The Hall–Kier alpha value is -3.08. The molecule has 0 aromatic heterocycles. The zero-order chi connectivity index (χ0) is 25.4. The first-order valence-electron chi connectivity index (χ1n) is 11.4. The van der Waals surface area contributed by atoms with Crippen LogP contribution >= 0.6 is 0 Å². The van der Waals surface area contributed by atoms with E-state index in [2.05, 4.69) is 5.32 Å². The molecule has 0 unspecified atom stereocenters. The van der Waals surface area contributed by atoms with Gasteiger partial charge in [0.2, 0.25) is 21.8 Å². The highest BCUT2D eigenvalue weighted by Crippen LogP contribution is 2.45. The quantitative estimate of drug-likeness (QED) is 0.427. The molecule has 10 heteroatoms. The number of amides is 2. The van der Waals surface area contributed by atoms with Gasteiger partial charge in [-0.15, -0.1) is 0 Å². The predicted octanol–water partition coefficient (Wildman–Crippen LogP) is 1.05. The zero-order valence-corrected chi connectivity index (χ0v) is 20.7. The molecule has 9 nitrogen and oxygen atoms in total. The van der Waals surface area contributed by atoms with E-state index in [1.165, 1.54) is 30.6 Å². The maximum atomic E-state index is 13.3. The molecule has 4 rings (SSSR count). The van der Waals surface area contributed by atoms with Crippen LogP contribution in [0.15, 0.2) is 65.6 Å². The van der Waals surface area contributed by atoms with Gasteiger partial charge in [0.1, 0.15) is 5.54 Å². The Balaban J connectivity index is 1.76. The smallest absolute Gasteiger partial charge is 0.327 e. The lowest BCUT2D eigenvalue weighted by molar-refractivity contribution is -0.153. The number of benzene rings is 2. The van der Waals surface area contributed by atoms with Gasteiger partial charge in [-0.05, 0) is 17.7 Å². The number of ether oxygens (including phenoxy) is 1. The molecule has 2 aliphatic rings. The van der Waals surface area contributed by atoms with Gasteiger partial charge in [0.05, 0.1) is 23.8 Å². The molecule has 0 aliphatic carbocycles. The minimum Gasteiger partial charge on any atom is -0.468 e. The van der Waals surface area contributed by atoms with Gasteiger partial charge >= 0.3 is 5.97 Å². The Morgan fingerprint density at radius 3 is 2.23 bits per heavy atom. The highest BCUT2D eigenvalue weighted by molar-refractivity contribution is 7.89. The number of carbonyl (C=O) groups is 3. The largest absolute Gasteiger partial charge is 0.468 e. The summed E-state index contributed by atoms with van der Waals surface area (Å²) in [4.78, 5) is 40.9. The van der Waals surface area contributed by atoms with E-state index < -0.39 is 51.2 Å². The summed E-state index contributed by atoms with van der Waals surface area (Å²) in [7, 11) is -1.24. The van der Waals surface area contributed by atoms with Crippen molar-refractivity contribution < 1.29 is 27.5 Å². The van der Waals surface area contributed by atoms with Crippen LogP contribution in [-0.2, 0) is 35.6 Å². The molecule has 4 atom stereocenters. The average Bonchev–Trinajstić information content (AvgIpc) is 3.31. The Morgan fingerprint density at radius 1 is 1.06 bits per heavy atom. The lowest BCUT2D eigenvalue weighted by Gasteiger charge is -2.33. The normalized spacial score (nSPS) is 26.3. The van der Waals surface area contributed by atoms with E-state index in [4.69, 9.17) is 4.74 Å². The van der Waals surface area contributed by atoms with Crippen molar-refractivity contribution in [1.29, 1.82) is 0 Å². The van der Waals surface area contributed by atoms with Crippen LogP contribution in [-0.4, -0.2) is 74.2 Å². The Labute approximate surface area is 205 Å². The molecule has 0 spiro atoms. The SMILES string of the molecule is CCN(C[C@H]1N[C@@](Cc2ccccc2)(C(=O)OC)[C@H]2C(=O)N(C)C(=O)[C@@H]12)S(=O)(=O)c1ccccc1. The first kappa shape index (κ1) is 25.0. The molecule has 0 saturated carbocycles. The highest BCUT2D eigenvalue weighted by atomic mass is 32.2. The van der Waals surface area contributed by atoms with E-state index in [0.29, 0.717) is 0 Å². The van der Waals surface area contributed by atoms with Crippen molar-refractivity contribution in [2.45, 2.75) is 29.8 Å². The molecule has 2 amide bonds. The average molecular weight is 500 g/mol. The van der Waals surface area contributed by atoms with Crippen molar-refractivity contribution in [2.24, 2.45) is 11.8 Å². The summed E-state index contributed by atoms with van der Waals surface area (Å²) in [5, 5.41) is 3.23. The number of fused-ring (bicyclic) bond motifs is 1. The van der Waals surface area contributed by atoms with Crippen LogP contribution in [0, 0.1) is 11.8 Å². The van der Waals surface area contributed by atoms with Crippen LogP contribution in [0.5, 0.6) is 0 Å². The fourth-order valence-electron chi connectivity index (χ4n) is 5.31. The van der Waals surface area contributed by atoms with Gasteiger partial charge < -0.3 is 4.74 Å². The predicted molar refractivity (Wildman–Crippen MR) is 127 cm³/mol.